The first-order valence-corrected chi connectivity index (χ1v) is 9.39. The minimum absolute atomic E-state index is 0.181. The molecule has 6 nitrogen and oxygen atoms in total. The van der Waals surface area contributed by atoms with Crippen LogP contribution >= 0.6 is 22.9 Å². The fraction of sp³-hybridized carbons (Fsp3) is 0.278. The summed E-state index contributed by atoms with van der Waals surface area (Å²) >= 11 is 7.51. The molecule has 26 heavy (non-hydrogen) atoms. The number of benzene rings is 1. The van der Waals surface area contributed by atoms with Crippen molar-refractivity contribution >= 4 is 44.9 Å². The number of anilines is 1. The number of rotatable bonds is 3. The van der Waals surface area contributed by atoms with Crippen molar-refractivity contribution in [2.75, 3.05) is 31.2 Å². The highest BCUT2D eigenvalue weighted by molar-refractivity contribution is 7.21. The number of hydrogen-bond acceptors (Lipinski definition) is 7. The zero-order valence-corrected chi connectivity index (χ0v) is 15.6. The van der Waals surface area contributed by atoms with E-state index in [0.29, 0.717) is 29.4 Å². The number of carbonyl (C=O) groups is 1. The van der Waals surface area contributed by atoms with Gasteiger partial charge in [0, 0.05) is 18.7 Å². The van der Waals surface area contributed by atoms with Gasteiger partial charge in [-0.05, 0) is 30.7 Å². The van der Waals surface area contributed by atoms with Crippen molar-refractivity contribution in [1.29, 1.82) is 0 Å². The molecule has 0 spiro atoms. The lowest BCUT2D eigenvalue weighted by Crippen LogP contribution is -2.36. The molecule has 0 unspecified atom stereocenters. The number of morpholine rings is 1. The van der Waals surface area contributed by atoms with Gasteiger partial charge in [-0.15, -0.1) is 0 Å². The number of halogens is 1. The third kappa shape index (κ3) is 3.25. The number of hydrogen-bond donors (Lipinski definition) is 0. The van der Waals surface area contributed by atoms with E-state index >= 15 is 0 Å². The first kappa shape index (κ1) is 17.2. The highest BCUT2D eigenvalue weighted by Gasteiger charge is 2.23. The van der Waals surface area contributed by atoms with Crippen LogP contribution < -0.4 is 9.64 Å². The molecule has 3 heterocycles. The van der Waals surface area contributed by atoms with E-state index in [4.69, 9.17) is 21.1 Å². The predicted octanol–water partition coefficient (Wildman–Crippen LogP) is 3.71. The van der Waals surface area contributed by atoms with Crippen LogP contribution in [0.15, 0.2) is 30.3 Å². The summed E-state index contributed by atoms with van der Waals surface area (Å²) in [5.41, 5.74) is 2.00. The Kier molecular flexibility index (Phi) is 4.76. The van der Waals surface area contributed by atoms with Crippen molar-refractivity contribution in [2.45, 2.75) is 6.92 Å². The Hall–Kier alpha value is -2.22. The maximum atomic E-state index is 12.4. The Bertz CT molecular complexity index is 955. The molecule has 0 N–H and O–H groups in total. The van der Waals surface area contributed by atoms with E-state index in [1.54, 1.807) is 24.3 Å². The van der Waals surface area contributed by atoms with E-state index in [2.05, 4.69) is 14.9 Å². The molecule has 8 heteroatoms. The lowest BCUT2D eigenvalue weighted by atomic mass is 10.2. The largest absolute Gasteiger partial charge is 0.411 e. The molecule has 0 saturated carbocycles. The number of carbonyl (C=O) groups excluding carboxylic acids is 1. The fourth-order valence-electron chi connectivity index (χ4n) is 2.83. The SMILES string of the molecule is Cc1c(OC(=O)c2ccccc2)sc2c(N3CCOCC3)nc(Cl)nc12. The van der Waals surface area contributed by atoms with Crippen LogP contribution in [0.3, 0.4) is 0 Å². The summed E-state index contributed by atoms with van der Waals surface area (Å²) in [7, 11) is 0. The van der Waals surface area contributed by atoms with E-state index in [1.165, 1.54) is 11.3 Å². The summed E-state index contributed by atoms with van der Waals surface area (Å²) in [6, 6.07) is 8.90. The van der Waals surface area contributed by atoms with Crippen molar-refractivity contribution in [3.8, 4) is 5.06 Å². The highest BCUT2D eigenvalue weighted by atomic mass is 35.5. The topological polar surface area (TPSA) is 64.5 Å². The molecule has 4 rings (SSSR count). The highest BCUT2D eigenvalue weighted by Crippen LogP contribution is 2.41. The monoisotopic (exact) mass is 389 g/mol. The van der Waals surface area contributed by atoms with Gasteiger partial charge in [0.2, 0.25) is 5.28 Å². The molecular formula is C18H16ClN3O3S. The van der Waals surface area contributed by atoms with E-state index in [-0.39, 0.29) is 5.28 Å². The number of aryl methyl sites for hydroxylation is 1. The van der Waals surface area contributed by atoms with Gasteiger partial charge in [-0.1, -0.05) is 29.5 Å². The molecule has 0 amide bonds. The van der Waals surface area contributed by atoms with Crippen molar-refractivity contribution in [2.24, 2.45) is 0 Å². The molecule has 1 aliphatic rings. The number of aromatic nitrogens is 2. The summed E-state index contributed by atoms with van der Waals surface area (Å²) in [6.45, 7) is 4.63. The van der Waals surface area contributed by atoms with Crippen LogP contribution in [0, 0.1) is 6.92 Å². The summed E-state index contributed by atoms with van der Waals surface area (Å²) < 4.78 is 11.9. The summed E-state index contributed by atoms with van der Waals surface area (Å²) in [5, 5.41) is 0.695. The first-order chi connectivity index (χ1) is 12.6. The minimum atomic E-state index is -0.396. The van der Waals surface area contributed by atoms with Gasteiger partial charge in [-0.3, -0.25) is 0 Å². The number of fused-ring (bicyclic) bond motifs is 1. The van der Waals surface area contributed by atoms with Crippen LogP contribution in [-0.4, -0.2) is 42.2 Å². The normalized spacial score (nSPS) is 14.6. The molecule has 134 valence electrons. The Labute approximate surface area is 159 Å². The van der Waals surface area contributed by atoms with Crippen LogP contribution in [0.2, 0.25) is 5.28 Å². The molecular weight excluding hydrogens is 374 g/mol. The third-order valence-corrected chi connectivity index (χ3v) is 5.51. The second-order valence-corrected chi connectivity index (χ2v) is 7.18. The van der Waals surface area contributed by atoms with Crippen molar-refractivity contribution < 1.29 is 14.3 Å². The van der Waals surface area contributed by atoms with Crippen molar-refractivity contribution in [3.63, 3.8) is 0 Å². The lowest BCUT2D eigenvalue weighted by molar-refractivity contribution is 0.0739. The fourth-order valence-corrected chi connectivity index (χ4v) is 4.11. The molecule has 0 radical (unpaired) electrons. The first-order valence-electron chi connectivity index (χ1n) is 8.20. The number of nitrogens with zero attached hydrogens (tertiary/aromatic N) is 3. The average Bonchev–Trinajstić information content (AvgIpc) is 2.98. The molecule has 2 aromatic heterocycles. The van der Waals surface area contributed by atoms with Crippen LogP contribution in [0.1, 0.15) is 15.9 Å². The van der Waals surface area contributed by atoms with E-state index in [0.717, 1.165) is 29.2 Å². The van der Waals surface area contributed by atoms with Gasteiger partial charge in [0.05, 0.1) is 29.0 Å². The van der Waals surface area contributed by atoms with Gasteiger partial charge < -0.3 is 14.4 Å². The number of thiophene rings is 1. The lowest BCUT2D eigenvalue weighted by Gasteiger charge is -2.28. The Morgan fingerprint density at radius 1 is 1.23 bits per heavy atom. The standard InChI is InChI=1S/C18H16ClN3O3S/c1-11-13-14(15(21-18(19)20-13)22-7-9-24-10-8-22)26-17(11)25-16(23)12-5-3-2-4-6-12/h2-6H,7-10H2,1H3. The second kappa shape index (κ2) is 7.19. The zero-order valence-electron chi connectivity index (χ0n) is 14.1. The molecule has 1 aliphatic heterocycles. The van der Waals surface area contributed by atoms with Gasteiger partial charge in [0.15, 0.2) is 10.9 Å². The Balaban J connectivity index is 1.73. The molecule has 0 aliphatic carbocycles. The third-order valence-electron chi connectivity index (χ3n) is 4.18. The van der Waals surface area contributed by atoms with E-state index < -0.39 is 5.97 Å². The van der Waals surface area contributed by atoms with Crippen molar-refractivity contribution in [3.05, 3.63) is 46.7 Å². The number of ether oxygens (including phenoxy) is 2. The zero-order chi connectivity index (χ0) is 18.1. The molecule has 0 atom stereocenters. The van der Waals surface area contributed by atoms with Gasteiger partial charge in [-0.25, -0.2) is 9.78 Å². The second-order valence-electron chi connectivity index (χ2n) is 5.86. The predicted molar refractivity (Wildman–Crippen MR) is 102 cm³/mol. The molecule has 0 bridgehead atoms. The maximum absolute atomic E-state index is 12.4. The minimum Gasteiger partial charge on any atom is -0.411 e. The van der Waals surface area contributed by atoms with Crippen LogP contribution in [-0.2, 0) is 4.74 Å². The van der Waals surface area contributed by atoms with Crippen LogP contribution in [0.5, 0.6) is 5.06 Å². The smallest absolute Gasteiger partial charge is 0.344 e. The Morgan fingerprint density at radius 3 is 2.69 bits per heavy atom. The Morgan fingerprint density at radius 2 is 1.96 bits per heavy atom. The summed E-state index contributed by atoms with van der Waals surface area (Å²) in [4.78, 5) is 23.3. The maximum Gasteiger partial charge on any atom is 0.344 e. The van der Waals surface area contributed by atoms with Gasteiger partial charge in [0.25, 0.3) is 0 Å². The molecule has 1 saturated heterocycles. The average molecular weight is 390 g/mol. The molecule has 1 aromatic carbocycles. The summed E-state index contributed by atoms with van der Waals surface area (Å²) in [6.07, 6.45) is 0. The van der Waals surface area contributed by atoms with E-state index in [1.807, 2.05) is 13.0 Å². The van der Waals surface area contributed by atoms with Crippen LogP contribution in [0.4, 0.5) is 5.82 Å². The molecule has 3 aromatic rings. The van der Waals surface area contributed by atoms with Gasteiger partial charge in [0.1, 0.15) is 0 Å². The summed E-state index contributed by atoms with van der Waals surface area (Å²) in [5.74, 6) is 0.366. The van der Waals surface area contributed by atoms with Gasteiger partial charge >= 0.3 is 5.97 Å². The van der Waals surface area contributed by atoms with E-state index in [9.17, 15) is 4.79 Å². The number of esters is 1. The van der Waals surface area contributed by atoms with Crippen LogP contribution in [0.25, 0.3) is 10.2 Å². The van der Waals surface area contributed by atoms with Crippen molar-refractivity contribution in [1.82, 2.24) is 9.97 Å². The molecule has 1 fully saturated rings. The quantitative estimate of drug-likeness (QED) is 0.502. The van der Waals surface area contributed by atoms with Gasteiger partial charge in [-0.2, -0.15) is 4.98 Å².